The predicted octanol–water partition coefficient (Wildman–Crippen LogP) is 3.64. The molecule has 0 heterocycles. The van der Waals surface area contributed by atoms with Crippen molar-refractivity contribution >= 4 is 0 Å². The molecule has 0 saturated heterocycles. The molecular formula is C18H23NO. The third-order valence-electron chi connectivity index (χ3n) is 3.43. The number of rotatable bonds is 7. The van der Waals surface area contributed by atoms with Gasteiger partial charge in [0.05, 0.1) is 6.10 Å². The van der Waals surface area contributed by atoms with E-state index in [-0.39, 0.29) is 6.10 Å². The molecule has 2 aromatic carbocycles. The van der Waals surface area contributed by atoms with E-state index >= 15 is 0 Å². The zero-order valence-corrected chi connectivity index (χ0v) is 12.1. The molecule has 0 aliphatic heterocycles. The van der Waals surface area contributed by atoms with Gasteiger partial charge in [-0.2, -0.15) is 0 Å². The summed E-state index contributed by atoms with van der Waals surface area (Å²) in [6, 6.07) is 18.9. The third-order valence-corrected chi connectivity index (χ3v) is 3.43. The molecule has 2 rings (SSSR count). The van der Waals surface area contributed by atoms with E-state index in [0.29, 0.717) is 6.54 Å². The Labute approximate surface area is 121 Å². The summed E-state index contributed by atoms with van der Waals surface area (Å²) in [6.07, 6.45) is 2.07. The Morgan fingerprint density at radius 1 is 1.00 bits per heavy atom. The summed E-state index contributed by atoms with van der Waals surface area (Å²) in [5.74, 6) is 0. The van der Waals surface area contributed by atoms with Crippen LogP contribution in [-0.4, -0.2) is 13.2 Å². The second-order valence-electron chi connectivity index (χ2n) is 5.09. The molecule has 2 nitrogen and oxygen atoms in total. The van der Waals surface area contributed by atoms with E-state index in [0.717, 1.165) is 25.0 Å². The van der Waals surface area contributed by atoms with Gasteiger partial charge in [0.1, 0.15) is 0 Å². The van der Waals surface area contributed by atoms with E-state index in [4.69, 9.17) is 10.5 Å². The van der Waals surface area contributed by atoms with Gasteiger partial charge in [-0.25, -0.2) is 0 Å². The fourth-order valence-electron chi connectivity index (χ4n) is 2.23. The van der Waals surface area contributed by atoms with Crippen molar-refractivity contribution in [3.63, 3.8) is 0 Å². The molecule has 0 aromatic heterocycles. The van der Waals surface area contributed by atoms with Crippen molar-refractivity contribution in [1.82, 2.24) is 0 Å². The number of aryl methyl sites for hydroxylation is 2. The maximum atomic E-state index is 5.91. The summed E-state index contributed by atoms with van der Waals surface area (Å²) in [6.45, 7) is 3.35. The van der Waals surface area contributed by atoms with Crippen molar-refractivity contribution < 1.29 is 4.74 Å². The van der Waals surface area contributed by atoms with Crippen LogP contribution >= 0.6 is 0 Å². The maximum Gasteiger partial charge on any atom is 0.0947 e. The molecule has 0 amide bonds. The van der Waals surface area contributed by atoms with E-state index < -0.39 is 0 Å². The lowest BCUT2D eigenvalue weighted by atomic mass is 10.1. The predicted molar refractivity (Wildman–Crippen MR) is 83.7 cm³/mol. The monoisotopic (exact) mass is 269 g/mol. The highest BCUT2D eigenvalue weighted by Crippen LogP contribution is 2.17. The van der Waals surface area contributed by atoms with Crippen LogP contribution < -0.4 is 5.73 Å². The van der Waals surface area contributed by atoms with Crippen molar-refractivity contribution in [2.45, 2.75) is 25.9 Å². The van der Waals surface area contributed by atoms with Crippen molar-refractivity contribution in [3.05, 3.63) is 71.3 Å². The highest BCUT2D eigenvalue weighted by atomic mass is 16.5. The lowest BCUT2D eigenvalue weighted by Gasteiger charge is -2.16. The Balaban J connectivity index is 1.78. The van der Waals surface area contributed by atoms with Crippen molar-refractivity contribution in [3.8, 4) is 0 Å². The maximum absolute atomic E-state index is 5.91. The van der Waals surface area contributed by atoms with Gasteiger partial charge in [-0.15, -0.1) is 0 Å². The standard InChI is InChI=1S/C18H23NO/c1-15-9-11-17(12-10-15)18(14-19)20-13-5-8-16-6-3-2-4-7-16/h2-4,6-7,9-12,18H,5,8,13-14,19H2,1H3. The van der Waals surface area contributed by atoms with E-state index in [1.807, 2.05) is 6.07 Å². The fraction of sp³-hybridized carbons (Fsp3) is 0.333. The second kappa shape index (κ2) is 7.83. The van der Waals surface area contributed by atoms with E-state index in [2.05, 4.69) is 55.5 Å². The summed E-state index contributed by atoms with van der Waals surface area (Å²) in [4.78, 5) is 0. The van der Waals surface area contributed by atoms with Gasteiger partial charge in [0.2, 0.25) is 0 Å². The Hall–Kier alpha value is -1.64. The fourth-order valence-corrected chi connectivity index (χ4v) is 2.23. The van der Waals surface area contributed by atoms with Gasteiger partial charge >= 0.3 is 0 Å². The molecule has 2 heteroatoms. The Morgan fingerprint density at radius 3 is 2.35 bits per heavy atom. The van der Waals surface area contributed by atoms with Crippen molar-refractivity contribution in [2.75, 3.05) is 13.2 Å². The molecule has 20 heavy (non-hydrogen) atoms. The van der Waals surface area contributed by atoms with Gasteiger partial charge in [-0.05, 0) is 30.9 Å². The second-order valence-corrected chi connectivity index (χ2v) is 5.09. The summed E-state index contributed by atoms with van der Waals surface area (Å²) in [5.41, 5.74) is 9.59. The van der Waals surface area contributed by atoms with Gasteiger partial charge < -0.3 is 10.5 Å². The highest BCUT2D eigenvalue weighted by Gasteiger charge is 2.09. The minimum Gasteiger partial charge on any atom is -0.372 e. The lowest BCUT2D eigenvalue weighted by Crippen LogP contribution is -2.16. The van der Waals surface area contributed by atoms with Crippen LogP contribution in [0.3, 0.4) is 0 Å². The molecule has 0 bridgehead atoms. The summed E-state index contributed by atoms with van der Waals surface area (Å²) in [7, 11) is 0. The van der Waals surface area contributed by atoms with Crippen molar-refractivity contribution in [1.29, 1.82) is 0 Å². The number of ether oxygens (including phenoxy) is 1. The Bertz CT molecular complexity index is 493. The molecule has 0 fully saturated rings. The van der Waals surface area contributed by atoms with Crippen LogP contribution in [0.2, 0.25) is 0 Å². The first-order valence-corrected chi connectivity index (χ1v) is 7.22. The normalized spacial score (nSPS) is 12.3. The first-order valence-electron chi connectivity index (χ1n) is 7.22. The van der Waals surface area contributed by atoms with Crippen LogP contribution in [0.5, 0.6) is 0 Å². The summed E-state index contributed by atoms with van der Waals surface area (Å²) in [5, 5.41) is 0. The van der Waals surface area contributed by atoms with Gasteiger partial charge in [-0.3, -0.25) is 0 Å². The molecule has 2 aromatic rings. The third kappa shape index (κ3) is 4.48. The molecule has 2 N–H and O–H groups in total. The minimum atomic E-state index is 0.00590. The Morgan fingerprint density at radius 2 is 1.70 bits per heavy atom. The van der Waals surface area contributed by atoms with Crippen LogP contribution in [0.1, 0.15) is 29.2 Å². The van der Waals surface area contributed by atoms with Gasteiger partial charge in [0, 0.05) is 13.2 Å². The van der Waals surface area contributed by atoms with Crippen molar-refractivity contribution in [2.24, 2.45) is 5.73 Å². The minimum absolute atomic E-state index is 0.00590. The molecule has 0 aliphatic carbocycles. The summed E-state index contributed by atoms with van der Waals surface area (Å²) < 4.78 is 5.91. The number of hydrogen-bond donors (Lipinski definition) is 1. The molecule has 106 valence electrons. The van der Waals surface area contributed by atoms with Crippen LogP contribution in [0.15, 0.2) is 54.6 Å². The smallest absolute Gasteiger partial charge is 0.0947 e. The quantitative estimate of drug-likeness (QED) is 0.779. The molecule has 0 spiro atoms. The molecule has 0 aliphatic rings. The van der Waals surface area contributed by atoms with Gasteiger partial charge in [0.25, 0.3) is 0 Å². The van der Waals surface area contributed by atoms with Gasteiger partial charge in [-0.1, -0.05) is 60.2 Å². The average molecular weight is 269 g/mol. The summed E-state index contributed by atoms with van der Waals surface area (Å²) >= 11 is 0. The molecule has 0 radical (unpaired) electrons. The largest absolute Gasteiger partial charge is 0.372 e. The molecule has 0 saturated carbocycles. The SMILES string of the molecule is Cc1ccc(C(CN)OCCCc2ccccc2)cc1. The molecular weight excluding hydrogens is 246 g/mol. The number of nitrogens with two attached hydrogens (primary N) is 1. The van der Waals surface area contributed by atoms with Gasteiger partial charge in [0.15, 0.2) is 0 Å². The number of benzene rings is 2. The van der Waals surface area contributed by atoms with E-state index in [1.165, 1.54) is 11.1 Å². The molecule has 1 atom stereocenters. The topological polar surface area (TPSA) is 35.2 Å². The van der Waals surface area contributed by atoms with Crippen LogP contribution in [0, 0.1) is 6.92 Å². The average Bonchev–Trinajstić information content (AvgIpc) is 2.50. The van der Waals surface area contributed by atoms with E-state index in [1.54, 1.807) is 0 Å². The first kappa shape index (κ1) is 14.8. The van der Waals surface area contributed by atoms with Crippen LogP contribution in [0.4, 0.5) is 0 Å². The van der Waals surface area contributed by atoms with Crippen LogP contribution in [0.25, 0.3) is 0 Å². The highest BCUT2D eigenvalue weighted by molar-refractivity contribution is 5.23. The lowest BCUT2D eigenvalue weighted by molar-refractivity contribution is 0.0571. The number of hydrogen-bond acceptors (Lipinski definition) is 2. The molecule has 1 unspecified atom stereocenters. The zero-order chi connectivity index (χ0) is 14.2. The Kier molecular flexibility index (Phi) is 5.78. The van der Waals surface area contributed by atoms with Crippen LogP contribution in [-0.2, 0) is 11.2 Å². The van der Waals surface area contributed by atoms with E-state index in [9.17, 15) is 0 Å². The first-order chi connectivity index (χ1) is 9.79. The zero-order valence-electron chi connectivity index (χ0n) is 12.1.